The molecule has 0 N–H and O–H groups in total. The van der Waals surface area contributed by atoms with E-state index in [4.69, 9.17) is 4.42 Å². The molecule has 13 aromatic rings. The van der Waals surface area contributed by atoms with Crippen LogP contribution in [-0.2, 0) is 5.41 Å². The molecule has 15 rings (SSSR count). The smallest absolute Gasteiger partial charge is 0.136 e. The average molecular weight is 876 g/mol. The van der Waals surface area contributed by atoms with Crippen molar-refractivity contribution in [3.05, 3.63) is 271 Å². The lowest BCUT2D eigenvalue weighted by Crippen LogP contribution is -2.26. The maximum Gasteiger partial charge on any atom is 0.136 e. The number of furan rings is 1. The number of hydrogen-bond acceptors (Lipinski definition) is 2. The van der Waals surface area contributed by atoms with Gasteiger partial charge in [0.15, 0.2) is 0 Å². The van der Waals surface area contributed by atoms with Gasteiger partial charge in [0.25, 0.3) is 0 Å². The van der Waals surface area contributed by atoms with E-state index < -0.39 is 5.41 Å². The lowest BCUT2D eigenvalue weighted by Gasteiger charge is -2.33. The molecule has 0 atom stereocenters. The predicted octanol–water partition coefficient (Wildman–Crippen LogP) is 18.2. The molecule has 1 spiro atoms. The van der Waals surface area contributed by atoms with Gasteiger partial charge >= 0.3 is 0 Å². The monoisotopic (exact) mass is 875 g/mol. The van der Waals surface area contributed by atoms with Crippen LogP contribution in [0.4, 0.5) is 17.1 Å². The van der Waals surface area contributed by atoms with Gasteiger partial charge in [-0.1, -0.05) is 200 Å². The highest BCUT2D eigenvalue weighted by Crippen LogP contribution is 2.64. The van der Waals surface area contributed by atoms with Crippen LogP contribution in [-0.4, -0.2) is 0 Å². The quantitative estimate of drug-likeness (QED) is 0.160. The summed E-state index contributed by atoms with van der Waals surface area (Å²) in [7, 11) is 0. The lowest BCUT2D eigenvalue weighted by molar-refractivity contribution is 0.669. The first-order chi connectivity index (χ1) is 34.2. The van der Waals surface area contributed by atoms with Crippen LogP contribution in [0.15, 0.2) is 253 Å². The van der Waals surface area contributed by atoms with E-state index in [0.29, 0.717) is 0 Å². The number of fused-ring (bicyclic) bond motifs is 19. The van der Waals surface area contributed by atoms with Crippen LogP contribution in [0.1, 0.15) is 22.3 Å². The van der Waals surface area contributed by atoms with E-state index in [9.17, 15) is 0 Å². The zero-order chi connectivity index (χ0) is 45.2. The molecule has 0 bridgehead atoms. The summed E-state index contributed by atoms with van der Waals surface area (Å²) < 4.78 is 6.65. The van der Waals surface area contributed by atoms with Gasteiger partial charge in [-0.25, -0.2) is 0 Å². The number of para-hydroxylation sites is 1. The molecule has 0 saturated carbocycles. The molecule has 1 aromatic heterocycles. The molecule has 2 aliphatic rings. The summed E-state index contributed by atoms with van der Waals surface area (Å²) >= 11 is 0. The molecule has 0 fully saturated rings. The zero-order valence-electron chi connectivity index (χ0n) is 37.5. The highest BCUT2D eigenvalue weighted by Gasteiger charge is 2.52. The molecule has 320 valence electrons. The fraction of sp³-hybridized carbons (Fsp3) is 0.0149. The predicted molar refractivity (Wildman–Crippen MR) is 288 cm³/mol. The summed E-state index contributed by atoms with van der Waals surface area (Å²) in [6, 6.07) is 92.1. The van der Waals surface area contributed by atoms with Crippen LogP contribution >= 0.6 is 0 Å². The molecular weight excluding hydrogens is 835 g/mol. The number of rotatable bonds is 5. The molecule has 0 unspecified atom stereocenters. The summed E-state index contributed by atoms with van der Waals surface area (Å²) in [5.74, 6) is 0. The van der Waals surface area contributed by atoms with Crippen LogP contribution in [0.25, 0.3) is 98.8 Å². The molecule has 69 heavy (non-hydrogen) atoms. The van der Waals surface area contributed by atoms with Gasteiger partial charge in [0.05, 0.1) is 11.1 Å². The number of nitrogens with zero attached hydrogens (tertiary/aromatic N) is 1. The third kappa shape index (κ3) is 5.31. The highest BCUT2D eigenvalue weighted by atomic mass is 16.3. The second-order valence-electron chi connectivity index (χ2n) is 18.6. The van der Waals surface area contributed by atoms with E-state index >= 15 is 0 Å². The van der Waals surface area contributed by atoms with Crippen molar-refractivity contribution in [2.75, 3.05) is 4.90 Å². The fourth-order valence-electron chi connectivity index (χ4n) is 12.4. The number of benzene rings is 12. The Bertz CT molecular complexity index is 4170. The topological polar surface area (TPSA) is 16.4 Å². The lowest BCUT2D eigenvalue weighted by atomic mass is 9.70. The summed E-state index contributed by atoms with van der Waals surface area (Å²) in [5, 5.41) is 9.70. The van der Waals surface area contributed by atoms with Crippen LogP contribution in [0.3, 0.4) is 0 Å². The minimum absolute atomic E-state index is 0.540. The van der Waals surface area contributed by atoms with Crippen LogP contribution < -0.4 is 4.90 Å². The second-order valence-corrected chi connectivity index (χ2v) is 18.6. The molecular formula is C67H41NO. The van der Waals surface area contributed by atoms with Gasteiger partial charge < -0.3 is 9.32 Å². The summed E-state index contributed by atoms with van der Waals surface area (Å²) in [6.07, 6.45) is 0. The minimum Gasteiger partial charge on any atom is -0.456 e. The average Bonchev–Trinajstić information content (AvgIpc) is 4.05. The standard InChI is InChI=1S/C67H41NO/c1-2-17-42(18-3-1)43-33-35-44(36-34-43)68(45-37-38-50-48-21-5-4-19-46(48)47-20-6-7-22-49(47)56(50)39-45)63-41-62-57(40-58(63)54-27-16-32-65-66(54)55-26-11-15-31-64(55)69-65)53-25-10-14-30-61(53)67(62)59-28-12-8-23-51(59)52-24-9-13-29-60(52)67/h1-41H. The zero-order valence-corrected chi connectivity index (χ0v) is 37.5. The highest BCUT2D eigenvalue weighted by molar-refractivity contribution is 6.26. The molecule has 12 aromatic carbocycles. The van der Waals surface area contributed by atoms with Crippen LogP contribution in [0.5, 0.6) is 0 Å². The molecule has 0 radical (unpaired) electrons. The Labute approximate surface area is 399 Å². The molecule has 2 nitrogen and oxygen atoms in total. The van der Waals surface area contributed by atoms with Gasteiger partial charge in [-0.15, -0.1) is 0 Å². The maximum absolute atomic E-state index is 6.65. The van der Waals surface area contributed by atoms with Gasteiger partial charge in [0.2, 0.25) is 0 Å². The van der Waals surface area contributed by atoms with E-state index in [-0.39, 0.29) is 0 Å². The van der Waals surface area contributed by atoms with Gasteiger partial charge in [-0.2, -0.15) is 0 Å². The Balaban J connectivity index is 1.09. The normalized spacial score (nSPS) is 13.0. The molecule has 2 heteroatoms. The second kappa shape index (κ2) is 14.5. The van der Waals surface area contributed by atoms with Crippen molar-refractivity contribution in [3.63, 3.8) is 0 Å². The molecule has 2 aliphatic carbocycles. The Morgan fingerprint density at radius 2 is 0.754 bits per heavy atom. The van der Waals surface area contributed by atoms with E-state index in [1.54, 1.807) is 0 Å². The molecule has 1 heterocycles. The first-order valence-corrected chi connectivity index (χ1v) is 23.9. The summed E-state index contributed by atoms with van der Waals surface area (Å²) in [6.45, 7) is 0. The van der Waals surface area contributed by atoms with Crippen LogP contribution in [0.2, 0.25) is 0 Å². The fourth-order valence-corrected chi connectivity index (χ4v) is 12.4. The third-order valence-corrected chi connectivity index (χ3v) is 15.3. The summed E-state index contributed by atoms with van der Waals surface area (Å²) in [5.41, 5.74) is 19.4. The van der Waals surface area contributed by atoms with Gasteiger partial charge in [-0.3, -0.25) is 0 Å². The maximum atomic E-state index is 6.65. The molecule has 0 amide bonds. The van der Waals surface area contributed by atoms with E-state index in [1.807, 2.05) is 0 Å². The van der Waals surface area contributed by atoms with Crippen LogP contribution in [0, 0.1) is 0 Å². The van der Waals surface area contributed by atoms with Gasteiger partial charge in [-0.05, 0) is 142 Å². The van der Waals surface area contributed by atoms with Crippen molar-refractivity contribution >= 4 is 71.3 Å². The van der Waals surface area contributed by atoms with Crippen molar-refractivity contribution in [2.24, 2.45) is 0 Å². The van der Waals surface area contributed by atoms with Gasteiger partial charge in [0, 0.05) is 27.7 Å². The van der Waals surface area contributed by atoms with Gasteiger partial charge in [0.1, 0.15) is 11.2 Å². The van der Waals surface area contributed by atoms with Crippen molar-refractivity contribution in [1.82, 2.24) is 0 Å². The largest absolute Gasteiger partial charge is 0.456 e. The Hall–Kier alpha value is -8.98. The van der Waals surface area contributed by atoms with E-state index in [0.717, 1.165) is 50.1 Å². The Morgan fingerprint density at radius 1 is 0.275 bits per heavy atom. The van der Waals surface area contributed by atoms with Crippen molar-refractivity contribution in [1.29, 1.82) is 0 Å². The summed E-state index contributed by atoms with van der Waals surface area (Å²) in [4.78, 5) is 2.53. The number of hydrogen-bond donors (Lipinski definition) is 0. The van der Waals surface area contributed by atoms with Crippen molar-refractivity contribution in [2.45, 2.75) is 5.41 Å². The van der Waals surface area contributed by atoms with E-state index in [2.05, 4.69) is 254 Å². The third-order valence-electron chi connectivity index (χ3n) is 15.3. The van der Waals surface area contributed by atoms with E-state index in [1.165, 1.54) is 88.0 Å². The molecule has 0 aliphatic heterocycles. The Morgan fingerprint density at radius 3 is 1.41 bits per heavy atom. The first-order valence-electron chi connectivity index (χ1n) is 23.9. The minimum atomic E-state index is -0.540. The molecule has 0 saturated heterocycles. The van der Waals surface area contributed by atoms with Crippen molar-refractivity contribution in [3.8, 4) is 44.5 Å². The SMILES string of the molecule is c1ccc(-c2ccc(N(c3ccc4c5ccccc5c5ccccc5c4c3)c3cc4c(cc3-c3cccc5oc6ccccc6c35)-c3ccccc3C43c4ccccc4-c4ccccc43)cc2)cc1. The Kier molecular flexibility index (Phi) is 8.02. The first kappa shape index (κ1) is 38.2. The number of anilines is 3. The van der Waals surface area contributed by atoms with Crippen molar-refractivity contribution < 1.29 is 4.42 Å².